The Morgan fingerprint density at radius 2 is 1.92 bits per heavy atom. The van der Waals surface area contributed by atoms with Gasteiger partial charge in [0.25, 0.3) is 5.91 Å². The van der Waals surface area contributed by atoms with Crippen LogP contribution in [0.3, 0.4) is 0 Å². The number of hydrogen-bond donors (Lipinski definition) is 2. The molecule has 0 aliphatic carbocycles. The molecule has 26 heavy (non-hydrogen) atoms. The van der Waals surface area contributed by atoms with Crippen molar-refractivity contribution in [3.05, 3.63) is 57.4 Å². The Balaban J connectivity index is 1.77. The van der Waals surface area contributed by atoms with E-state index >= 15 is 0 Å². The fourth-order valence-electron chi connectivity index (χ4n) is 2.84. The number of primary amides is 1. The van der Waals surface area contributed by atoms with Crippen LogP contribution in [0.25, 0.3) is 5.65 Å². The number of carbonyl (C=O) groups is 2. The molecular weight excluding hydrogens is 398 g/mol. The van der Waals surface area contributed by atoms with Crippen LogP contribution in [0, 0.1) is 13.8 Å². The van der Waals surface area contributed by atoms with Crippen LogP contribution in [0.2, 0.25) is 0 Å². The predicted octanol–water partition coefficient (Wildman–Crippen LogP) is 2.78. The number of hydrogen-bond acceptors (Lipinski definition) is 4. The highest BCUT2D eigenvalue weighted by atomic mass is 79.9. The molecule has 0 aliphatic rings. The topological polar surface area (TPSA) is 102 Å². The normalized spacial score (nSPS) is 10.9. The van der Waals surface area contributed by atoms with Gasteiger partial charge >= 0.3 is 0 Å². The molecule has 0 aliphatic heterocycles. The van der Waals surface area contributed by atoms with E-state index in [0.29, 0.717) is 18.5 Å². The minimum atomic E-state index is -0.562. The summed E-state index contributed by atoms with van der Waals surface area (Å²) in [5, 5.41) is 7.06. The summed E-state index contributed by atoms with van der Waals surface area (Å²) >= 11 is 3.36. The van der Waals surface area contributed by atoms with Crippen LogP contribution in [0.5, 0.6) is 0 Å². The van der Waals surface area contributed by atoms with Gasteiger partial charge < -0.3 is 11.1 Å². The van der Waals surface area contributed by atoms with E-state index in [2.05, 4.69) is 31.3 Å². The molecule has 0 fully saturated rings. The van der Waals surface area contributed by atoms with Crippen LogP contribution in [-0.2, 0) is 11.2 Å². The first kappa shape index (κ1) is 18.1. The summed E-state index contributed by atoms with van der Waals surface area (Å²) in [6.45, 7) is 3.74. The Morgan fingerprint density at radius 1 is 1.23 bits per heavy atom. The zero-order valence-corrected chi connectivity index (χ0v) is 16.0. The lowest BCUT2D eigenvalue weighted by Crippen LogP contribution is -2.15. The van der Waals surface area contributed by atoms with E-state index in [-0.39, 0.29) is 11.5 Å². The highest BCUT2D eigenvalue weighted by Gasteiger charge is 2.17. The molecule has 0 unspecified atom stereocenters. The molecule has 7 nitrogen and oxygen atoms in total. The van der Waals surface area contributed by atoms with Gasteiger partial charge in [-0.2, -0.15) is 5.10 Å². The van der Waals surface area contributed by atoms with Crippen LogP contribution in [-0.4, -0.2) is 26.4 Å². The Labute approximate surface area is 158 Å². The van der Waals surface area contributed by atoms with Crippen LogP contribution >= 0.6 is 15.9 Å². The van der Waals surface area contributed by atoms with E-state index in [9.17, 15) is 9.59 Å². The van der Waals surface area contributed by atoms with Crippen LogP contribution in [0.4, 0.5) is 5.69 Å². The standard InChI is InChI=1S/C18H18BrN5O2/c1-10-14(7-8-16(25)23-13-5-3-12(19)4-6-13)11(2)24-18(22-10)15(9-21-24)17(20)26/h3-6,9H,7-8H2,1-2H3,(H2,20,26)(H,23,25). The Kier molecular flexibility index (Phi) is 5.03. The number of aromatic nitrogens is 3. The zero-order valence-electron chi connectivity index (χ0n) is 14.4. The molecule has 2 aromatic heterocycles. The molecule has 1 aromatic carbocycles. The second-order valence-corrected chi connectivity index (χ2v) is 6.89. The second kappa shape index (κ2) is 7.25. The lowest BCUT2D eigenvalue weighted by molar-refractivity contribution is -0.116. The van der Waals surface area contributed by atoms with Crippen LogP contribution < -0.4 is 11.1 Å². The van der Waals surface area contributed by atoms with Gasteiger partial charge in [-0.1, -0.05) is 15.9 Å². The number of aryl methyl sites for hydroxylation is 2. The van der Waals surface area contributed by atoms with Gasteiger partial charge in [0.2, 0.25) is 5.91 Å². The van der Waals surface area contributed by atoms with Gasteiger partial charge in [-0.05, 0) is 50.1 Å². The quantitative estimate of drug-likeness (QED) is 0.668. The maximum absolute atomic E-state index is 12.2. The summed E-state index contributed by atoms with van der Waals surface area (Å²) in [7, 11) is 0. The number of benzene rings is 1. The third-order valence-corrected chi connectivity index (χ3v) is 4.73. The van der Waals surface area contributed by atoms with E-state index in [1.165, 1.54) is 6.20 Å². The predicted molar refractivity (Wildman–Crippen MR) is 102 cm³/mol. The minimum Gasteiger partial charge on any atom is -0.365 e. The first-order chi connectivity index (χ1) is 12.4. The number of anilines is 1. The van der Waals surface area contributed by atoms with E-state index in [0.717, 1.165) is 27.1 Å². The third kappa shape index (κ3) is 3.60. The van der Waals surface area contributed by atoms with Crippen molar-refractivity contribution in [1.29, 1.82) is 0 Å². The van der Waals surface area contributed by atoms with Crippen molar-refractivity contribution in [2.45, 2.75) is 26.7 Å². The van der Waals surface area contributed by atoms with Gasteiger partial charge in [0.05, 0.1) is 6.20 Å². The average molecular weight is 416 g/mol. The van der Waals surface area contributed by atoms with Crippen molar-refractivity contribution in [2.24, 2.45) is 5.73 Å². The van der Waals surface area contributed by atoms with E-state index in [1.807, 2.05) is 38.1 Å². The monoisotopic (exact) mass is 415 g/mol. The van der Waals surface area contributed by atoms with E-state index in [1.54, 1.807) is 4.52 Å². The second-order valence-electron chi connectivity index (χ2n) is 5.97. The number of carbonyl (C=O) groups excluding carboxylic acids is 2. The first-order valence-electron chi connectivity index (χ1n) is 8.06. The molecular formula is C18H18BrN5O2. The number of nitrogens with zero attached hydrogens (tertiary/aromatic N) is 3. The fourth-order valence-corrected chi connectivity index (χ4v) is 3.11. The smallest absolute Gasteiger partial charge is 0.254 e. The molecule has 0 saturated heterocycles. The van der Waals surface area contributed by atoms with Gasteiger partial charge in [-0.3, -0.25) is 9.59 Å². The van der Waals surface area contributed by atoms with Crippen molar-refractivity contribution in [2.75, 3.05) is 5.32 Å². The first-order valence-corrected chi connectivity index (χ1v) is 8.85. The summed E-state index contributed by atoms with van der Waals surface area (Å²) in [4.78, 5) is 28.1. The lowest BCUT2D eigenvalue weighted by atomic mass is 10.1. The highest BCUT2D eigenvalue weighted by molar-refractivity contribution is 9.10. The molecule has 2 amide bonds. The van der Waals surface area contributed by atoms with Crippen molar-refractivity contribution >= 4 is 39.1 Å². The molecule has 2 heterocycles. The van der Waals surface area contributed by atoms with Crippen molar-refractivity contribution in [3.8, 4) is 0 Å². The molecule has 0 saturated carbocycles. The number of nitrogens with two attached hydrogens (primary N) is 1. The van der Waals surface area contributed by atoms with Crippen molar-refractivity contribution < 1.29 is 9.59 Å². The van der Waals surface area contributed by atoms with Crippen LogP contribution in [0.15, 0.2) is 34.9 Å². The Morgan fingerprint density at radius 3 is 2.58 bits per heavy atom. The number of nitrogens with one attached hydrogen (secondary N) is 1. The lowest BCUT2D eigenvalue weighted by Gasteiger charge is -2.11. The summed E-state index contributed by atoms with van der Waals surface area (Å²) in [5.41, 5.74) is 9.37. The van der Waals surface area contributed by atoms with Gasteiger partial charge in [0, 0.05) is 28.0 Å². The SMILES string of the molecule is Cc1nc2c(C(N)=O)cnn2c(C)c1CCC(=O)Nc1ccc(Br)cc1. The Bertz CT molecular complexity index is 995. The summed E-state index contributed by atoms with van der Waals surface area (Å²) < 4.78 is 2.55. The fraction of sp³-hybridized carbons (Fsp3) is 0.222. The highest BCUT2D eigenvalue weighted by Crippen LogP contribution is 2.19. The molecule has 134 valence electrons. The van der Waals surface area contributed by atoms with Gasteiger partial charge in [-0.15, -0.1) is 0 Å². The summed E-state index contributed by atoms with van der Waals surface area (Å²) in [6, 6.07) is 7.41. The largest absolute Gasteiger partial charge is 0.365 e. The zero-order chi connectivity index (χ0) is 18.8. The third-order valence-electron chi connectivity index (χ3n) is 4.20. The molecule has 0 spiro atoms. The average Bonchev–Trinajstić information content (AvgIpc) is 3.01. The van der Waals surface area contributed by atoms with Crippen molar-refractivity contribution in [1.82, 2.24) is 14.6 Å². The number of rotatable bonds is 5. The van der Waals surface area contributed by atoms with Gasteiger partial charge in [0.1, 0.15) is 5.56 Å². The van der Waals surface area contributed by atoms with E-state index in [4.69, 9.17) is 5.73 Å². The maximum Gasteiger partial charge on any atom is 0.254 e. The van der Waals surface area contributed by atoms with Gasteiger partial charge in [-0.25, -0.2) is 9.50 Å². The molecule has 0 bridgehead atoms. The Hall–Kier alpha value is -2.74. The maximum atomic E-state index is 12.2. The molecule has 3 rings (SSSR count). The van der Waals surface area contributed by atoms with Gasteiger partial charge in [0.15, 0.2) is 5.65 Å². The van der Waals surface area contributed by atoms with E-state index < -0.39 is 5.91 Å². The number of amides is 2. The van der Waals surface area contributed by atoms with Crippen LogP contribution in [0.1, 0.15) is 33.7 Å². The molecule has 8 heteroatoms. The number of fused-ring (bicyclic) bond motifs is 1. The molecule has 0 atom stereocenters. The summed E-state index contributed by atoms with van der Waals surface area (Å²) in [5.74, 6) is -0.641. The van der Waals surface area contributed by atoms with Crippen molar-refractivity contribution in [3.63, 3.8) is 0 Å². The number of halogens is 1. The molecule has 3 aromatic rings. The minimum absolute atomic E-state index is 0.0792. The molecule has 3 N–H and O–H groups in total. The molecule has 0 radical (unpaired) electrons. The summed E-state index contributed by atoms with van der Waals surface area (Å²) in [6.07, 6.45) is 2.25.